The maximum atomic E-state index is 14.4. The molecule has 1 aromatic heterocycles. The number of hydrogen-bond donors (Lipinski definition) is 3. The molecule has 0 bridgehead atoms. The maximum Gasteiger partial charge on any atom is 0.266 e. The van der Waals surface area contributed by atoms with Crippen LogP contribution < -0.4 is 24.8 Å². The number of carbonyl (C=O) groups is 3. The minimum absolute atomic E-state index is 0.0627. The Balaban J connectivity index is 1.07. The van der Waals surface area contributed by atoms with Gasteiger partial charge < -0.3 is 25.0 Å². The molecule has 1 saturated heterocycles. The van der Waals surface area contributed by atoms with Gasteiger partial charge in [0.15, 0.2) is 0 Å². The van der Waals surface area contributed by atoms with Gasteiger partial charge in [0.1, 0.15) is 34.1 Å². The number of nitrogens with zero attached hydrogens (tertiary/aromatic N) is 2. The smallest absolute Gasteiger partial charge is 0.266 e. The normalized spacial score (nSPS) is 22.7. The fraction of sp³-hybridized carbons (Fsp3) is 0.304. The molecule has 3 aliphatic rings. The van der Waals surface area contributed by atoms with Crippen molar-refractivity contribution in [1.29, 1.82) is 0 Å². The molecule has 5 aromatic rings. The zero-order valence-electron chi connectivity index (χ0n) is 33.0. The summed E-state index contributed by atoms with van der Waals surface area (Å²) in [6.45, 7) is 2.08. The first-order valence-electron chi connectivity index (χ1n) is 20.0. The van der Waals surface area contributed by atoms with Crippen LogP contribution in [0.2, 0.25) is 0 Å². The van der Waals surface area contributed by atoms with E-state index in [4.69, 9.17) is 14.5 Å². The highest BCUT2D eigenvalue weighted by atomic mass is 32.2. The van der Waals surface area contributed by atoms with Crippen molar-refractivity contribution < 1.29 is 32.3 Å². The number of pyridine rings is 1. The average molecular weight is 814 g/mol. The van der Waals surface area contributed by atoms with E-state index >= 15 is 0 Å². The number of sulfonamides is 1. The highest BCUT2D eigenvalue weighted by Gasteiger charge is 2.61. The molecule has 3 N–H and O–H groups in total. The molecular weight excluding hydrogens is 767 g/mol. The van der Waals surface area contributed by atoms with Gasteiger partial charge in [-0.25, -0.2) is 18.1 Å². The lowest BCUT2D eigenvalue weighted by Gasteiger charge is -2.25. The minimum Gasteiger partial charge on any atom is -0.497 e. The van der Waals surface area contributed by atoms with Crippen LogP contribution in [0.4, 0.5) is 5.69 Å². The molecule has 3 amide bonds. The first-order valence-corrected chi connectivity index (χ1v) is 21.5. The first-order chi connectivity index (χ1) is 28.5. The van der Waals surface area contributed by atoms with E-state index in [1.54, 1.807) is 19.2 Å². The summed E-state index contributed by atoms with van der Waals surface area (Å²) in [6.07, 6.45) is 7.10. The molecular formula is C46H47N5O7S. The number of nitrogens with one attached hydrogen (secondary N) is 3. The number of anilines is 1. The van der Waals surface area contributed by atoms with Crippen molar-refractivity contribution >= 4 is 44.3 Å². The number of methoxy groups -OCH3 is 1. The summed E-state index contributed by atoms with van der Waals surface area (Å²) >= 11 is 0. The topological polar surface area (TPSA) is 156 Å². The fourth-order valence-electron chi connectivity index (χ4n) is 8.12. The van der Waals surface area contributed by atoms with Crippen LogP contribution in [0, 0.1) is 5.92 Å². The van der Waals surface area contributed by atoms with Crippen molar-refractivity contribution in [2.75, 3.05) is 25.5 Å². The number of allylic oxidation sites excluding steroid dienone is 1. The predicted molar refractivity (Wildman–Crippen MR) is 226 cm³/mol. The molecule has 2 aliphatic heterocycles. The van der Waals surface area contributed by atoms with Crippen LogP contribution >= 0.6 is 0 Å². The molecule has 0 unspecified atom stereocenters. The van der Waals surface area contributed by atoms with E-state index in [0.29, 0.717) is 40.5 Å². The van der Waals surface area contributed by atoms with Crippen molar-refractivity contribution in [1.82, 2.24) is 19.9 Å². The maximum absolute atomic E-state index is 14.4. The molecule has 3 heterocycles. The Bertz CT molecular complexity index is 2530. The predicted octanol–water partition coefficient (Wildman–Crippen LogP) is 6.87. The van der Waals surface area contributed by atoms with Gasteiger partial charge in [0.05, 0.1) is 30.6 Å². The fourth-order valence-corrected chi connectivity index (χ4v) is 9.37. The number of amides is 3. The number of fused-ring (bicyclic) bond motifs is 3. The zero-order valence-corrected chi connectivity index (χ0v) is 33.8. The quantitative estimate of drug-likeness (QED) is 0.149. The summed E-state index contributed by atoms with van der Waals surface area (Å²) in [5, 5.41) is 6.94. The van der Waals surface area contributed by atoms with Gasteiger partial charge >= 0.3 is 0 Å². The third kappa shape index (κ3) is 8.38. The molecule has 1 aliphatic carbocycles. The van der Waals surface area contributed by atoms with Gasteiger partial charge in [-0.1, -0.05) is 85.3 Å². The van der Waals surface area contributed by atoms with Gasteiger partial charge in [-0.3, -0.25) is 14.4 Å². The van der Waals surface area contributed by atoms with E-state index in [9.17, 15) is 22.8 Å². The third-order valence-corrected chi connectivity index (χ3v) is 12.8. The number of benzene rings is 4. The Labute approximate surface area is 344 Å². The Kier molecular flexibility index (Phi) is 11.1. The summed E-state index contributed by atoms with van der Waals surface area (Å²) < 4.78 is 42.8. The number of rotatable bonds is 7. The lowest BCUT2D eigenvalue weighted by Crippen LogP contribution is -2.56. The molecule has 1 saturated carbocycles. The third-order valence-electron chi connectivity index (χ3n) is 11.4. The molecule has 4 aromatic carbocycles. The Morgan fingerprint density at radius 2 is 1.66 bits per heavy atom. The SMILES string of the molecule is COc1ccc2c(O[C@@H]3C[C@@H](C(=O)N[C@]45C[C@H]4C=CCCCCCNc4ccc(-c6ccccc6)cc4S(=O)(=O)NC5=O)N(C(C)=O)C3)cc(-c3ccccc3)nc2c1. The Hall–Kier alpha value is -6.21. The average Bonchev–Trinajstić information content (AvgIpc) is 3.77. The molecule has 13 heteroatoms. The van der Waals surface area contributed by atoms with Gasteiger partial charge in [0, 0.05) is 48.9 Å². The van der Waals surface area contributed by atoms with Crippen molar-refractivity contribution in [3.8, 4) is 33.9 Å². The number of ether oxygens (including phenoxy) is 2. The number of carbonyl (C=O) groups excluding carboxylic acids is 3. The molecule has 304 valence electrons. The lowest BCUT2D eigenvalue weighted by atomic mass is 10.1. The van der Waals surface area contributed by atoms with E-state index in [1.807, 2.05) is 103 Å². The van der Waals surface area contributed by atoms with Gasteiger partial charge in [0.25, 0.3) is 15.9 Å². The standard InChI is InChI=1S/C46H47N5O7S/c1-30(52)51-29-36(58-42-27-39(32-16-10-7-11-17-32)48-40-25-35(57-2)20-21-37(40)42)26-41(51)44(53)49-46-28-34(46)18-12-4-3-5-13-23-47-38-22-19-33(31-14-8-6-9-15-31)24-43(38)59(55,56)50-45(46)54/h6-12,14-22,24-25,27,34,36,41,47H,3-5,13,23,26,28-29H2,1-2H3,(H,49,53)(H,50,54)/t34-,36-,41+,46-/m1/s1. The van der Waals surface area contributed by atoms with E-state index in [0.717, 1.165) is 42.2 Å². The first kappa shape index (κ1) is 39.6. The van der Waals surface area contributed by atoms with E-state index < -0.39 is 45.4 Å². The van der Waals surface area contributed by atoms with Gasteiger partial charge in [-0.15, -0.1) is 0 Å². The van der Waals surface area contributed by atoms with Gasteiger partial charge in [-0.05, 0) is 61.1 Å². The van der Waals surface area contributed by atoms with E-state index in [2.05, 4.69) is 15.4 Å². The van der Waals surface area contributed by atoms with Crippen LogP contribution in [0.3, 0.4) is 0 Å². The largest absolute Gasteiger partial charge is 0.497 e. The highest BCUT2D eigenvalue weighted by Crippen LogP contribution is 2.46. The second-order valence-corrected chi connectivity index (χ2v) is 17.1. The van der Waals surface area contributed by atoms with E-state index in [1.165, 1.54) is 11.8 Å². The van der Waals surface area contributed by atoms with Gasteiger partial charge in [-0.2, -0.15) is 0 Å². The zero-order chi connectivity index (χ0) is 41.1. The second kappa shape index (κ2) is 16.6. The lowest BCUT2D eigenvalue weighted by molar-refractivity contribution is -0.138. The summed E-state index contributed by atoms with van der Waals surface area (Å²) in [4.78, 5) is 48.0. The van der Waals surface area contributed by atoms with Crippen LogP contribution in [-0.4, -0.2) is 73.9 Å². The molecule has 59 heavy (non-hydrogen) atoms. The molecule has 0 radical (unpaired) electrons. The van der Waals surface area contributed by atoms with Crippen LogP contribution in [0.5, 0.6) is 11.5 Å². The Morgan fingerprint density at radius 3 is 2.41 bits per heavy atom. The summed E-state index contributed by atoms with van der Waals surface area (Å²) in [5.41, 5.74) is 2.57. The highest BCUT2D eigenvalue weighted by molar-refractivity contribution is 7.90. The molecule has 4 atom stereocenters. The molecule has 8 rings (SSSR count). The molecule has 0 spiro atoms. The summed E-state index contributed by atoms with van der Waals surface area (Å²) in [5.74, 6) is -1.00. The van der Waals surface area contributed by atoms with Gasteiger partial charge in [0.2, 0.25) is 11.8 Å². The summed E-state index contributed by atoms with van der Waals surface area (Å²) in [6, 6.07) is 30.6. The summed E-state index contributed by atoms with van der Waals surface area (Å²) in [7, 11) is -2.84. The monoisotopic (exact) mass is 813 g/mol. The number of hydrogen-bond acceptors (Lipinski definition) is 9. The van der Waals surface area contributed by atoms with Crippen LogP contribution in [0.1, 0.15) is 45.4 Å². The minimum atomic E-state index is -4.43. The van der Waals surface area contributed by atoms with Crippen molar-refractivity contribution in [3.63, 3.8) is 0 Å². The van der Waals surface area contributed by atoms with Crippen LogP contribution in [0.15, 0.2) is 120 Å². The van der Waals surface area contributed by atoms with Crippen molar-refractivity contribution in [3.05, 3.63) is 115 Å². The number of likely N-dealkylation sites (tertiary alicyclic amines) is 1. The Morgan fingerprint density at radius 1 is 0.898 bits per heavy atom. The molecule has 12 nitrogen and oxygen atoms in total. The number of aromatic nitrogens is 1. The van der Waals surface area contributed by atoms with Crippen molar-refractivity contribution in [2.45, 2.75) is 68.0 Å². The van der Waals surface area contributed by atoms with Crippen LogP contribution in [0.25, 0.3) is 33.3 Å². The van der Waals surface area contributed by atoms with E-state index in [-0.39, 0.29) is 30.2 Å². The molecule has 2 fully saturated rings. The van der Waals surface area contributed by atoms with Crippen molar-refractivity contribution in [2.24, 2.45) is 5.92 Å². The van der Waals surface area contributed by atoms with Crippen LogP contribution in [-0.2, 0) is 24.4 Å². The second-order valence-electron chi connectivity index (χ2n) is 15.4.